The Kier molecular flexibility index (Phi) is 3.83. The van der Waals surface area contributed by atoms with E-state index in [4.69, 9.17) is 0 Å². The highest BCUT2D eigenvalue weighted by atomic mass is 16.3. The standard InChI is InChI=1S/C17H20O/c1-17(2,13-14-9-5-3-6-10-14)16(18)15-11-7-4-8-12-15/h3-12,16,18H,13H2,1-2H3. The van der Waals surface area contributed by atoms with Gasteiger partial charge in [0, 0.05) is 0 Å². The van der Waals surface area contributed by atoms with E-state index in [0.717, 1.165) is 12.0 Å². The highest BCUT2D eigenvalue weighted by Gasteiger charge is 2.29. The Labute approximate surface area is 109 Å². The van der Waals surface area contributed by atoms with Crippen molar-refractivity contribution in [2.75, 3.05) is 0 Å². The summed E-state index contributed by atoms with van der Waals surface area (Å²) < 4.78 is 0. The molecule has 1 nitrogen and oxygen atoms in total. The Bertz CT molecular complexity index is 473. The Morgan fingerprint density at radius 1 is 0.889 bits per heavy atom. The number of hydrogen-bond acceptors (Lipinski definition) is 1. The van der Waals surface area contributed by atoms with Crippen LogP contribution < -0.4 is 0 Å². The first-order valence-electron chi connectivity index (χ1n) is 6.36. The Hall–Kier alpha value is -1.60. The van der Waals surface area contributed by atoms with Crippen molar-refractivity contribution >= 4 is 0 Å². The van der Waals surface area contributed by atoms with Crippen molar-refractivity contribution in [1.82, 2.24) is 0 Å². The van der Waals surface area contributed by atoms with E-state index in [-0.39, 0.29) is 5.41 Å². The number of aliphatic hydroxyl groups is 1. The average Bonchev–Trinajstić information content (AvgIpc) is 2.39. The summed E-state index contributed by atoms with van der Waals surface area (Å²) in [5.74, 6) is 0. The van der Waals surface area contributed by atoms with Gasteiger partial charge in [-0.05, 0) is 23.0 Å². The zero-order valence-corrected chi connectivity index (χ0v) is 11.0. The van der Waals surface area contributed by atoms with Gasteiger partial charge in [-0.25, -0.2) is 0 Å². The normalized spacial score (nSPS) is 13.3. The maximum absolute atomic E-state index is 10.5. The summed E-state index contributed by atoms with van der Waals surface area (Å²) >= 11 is 0. The van der Waals surface area contributed by atoms with Crippen molar-refractivity contribution in [3.8, 4) is 0 Å². The van der Waals surface area contributed by atoms with Crippen LogP contribution in [0.25, 0.3) is 0 Å². The second-order valence-electron chi connectivity index (χ2n) is 5.46. The third-order valence-corrected chi connectivity index (χ3v) is 3.36. The lowest BCUT2D eigenvalue weighted by molar-refractivity contribution is 0.0495. The van der Waals surface area contributed by atoms with Gasteiger partial charge in [-0.15, -0.1) is 0 Å². The predicted octanol–water partition coefficient (Wildman–Crippen LogP) is 3.99. The third kappa shape index (κ3) is 2.99. The van der Waals surface area contributed by atoms with Gasteiger partial charge in [0.1, 0.15) is 0 Å². The molecule has 0 saturated carbocycles. The molecule has 2 rings (SSSR count). The van der Waals surface area contributed by atoms with Crippen LogP contribution in [0.5, 0.6) is 0 Å². The largest absolute Gasteiger partial charge is 0.388 e. The summed E-state index contributed by atoms with van der Waals surface area (Å²) in [5.41, 5.74) is 2.07. The molecule has 0 saturated heterocycles. The van der Waals surface area contributed by atoms with Crippen LogP contribution in [0.15, 0.2) is 60.7 Å². The van der Waals surface area contributed by atoms with Gasteiger partial charge in [-0.1, -0.05) is 74.5 Å². The lowest BCUT2D eigenvalue weighted by Gasteiger charge is -2.31. The Morgan fingerprint density at radius 2 is 1.39 bits per heavy atom. The molecule has 0 amide bonds. The SMILES string of the molecule is CC(C)(Cc1ccccc1)C(O)c1ccccc1. The molecule has 0 aromatic heterocycles. The first-order chi connectivity index (χ1) is 8.59. The zero-order valence-electron chi connectivity index (χ0n) is 11.0. The van der Waals surface area contributed by atoms with E-state index < -0.39 is 6.10 Å². The smallest absolute Gasteiger partial charge is 0.0844 e. The first kappa shape index (κ1) is 12.8. The molecule has 94 valence electrons. The summed E-state index contributed by atoms with van der Waals surface area (Å²) in [6, 6.07) is 20.2. The molecule has 2 aromatic carbocycles. The molecule has 1 atom stereocenters. The number of benzene rings is 2. The monoisotopic (exact) mass is 240 g/mol. The second-order valence-corrected chi connectivity index (χ2v) is 5.46. The van der Waals surface area contributed by atoms with Crippen LogP contribution in [-0.2, 0) is 6.42 Å². The van der Waals surface area contributed by atoms with Crippen molar-refractivity contribution in [1.29, 1.82) is 0 Å². The summed E-state index contributed by atoms with van der Waals surface area (Å²) in [5, 5.41) is 10.5. The van der Waals surface area contributed by atoms with Gasteiger partial charge >= 0.3 is 0 Å². The van der Waals surface area contributed by atoms with Crippen LogP contribution in [0.2, 0.25) is 0 Å². The molecule has 2 aromatic rings. The van der Waals surface area contributed by atoms with Crippen molar-refractivity contribution < 1.29 is 5.11 Å². The van der Waals surface area contributed by atoms with Gasteiger partial charge in [-0.2, -0.15) is 0 Å². The molecule has 0 fully saturated rings. The van der Waals surface area contributed by atoms with Gasteiger partial charge in [0.05, 0.1) is 6.10 Å². The number of rotatable bonds is 4. The van der Waals surface area contributed by atoms with Crippen molar-refractivity contribution in [2.45, 2.75) is 26.4 Å². The maximum Gasteiger partial charge on any atom is 0.0844 e. The number of hydrogen-bond donors (Lipinski definition) is 1. The van der Waals surface area contributed by atoms with Crippen molar-refractivity contribution in [2.24, 2.45) is 5.41 Å². The van der Waals surface area contributed by atoms with Crippen LogP contribution in [0.1, 0.15) is 31.1 Å². The minimum atomic E-state index is -0.445. The minimum absolute atomic E-state index is 0.178. The highest BCUT2D eigenvalue weighted by molar-refractivity contribution is 5.22. The van der Waals surface area contributed by atoms with E-state index in [1.54, 1.807) is 0 Å². The summed E-state index contributed by atoms with van der Waals surface area (Å²) in [4.78, 5) is 0. The molecule has 18 heavy (non-hydrogen) atoms. The van der Waals surface area contributed by atoms with Gasteiger partial charge in [0.25, 0.3) is 0 Å². The van der Waals surface area contributed by atoms with Gasteiger partial charge < -0.3 is 5.11 Å². The summed E-state index contributed by atoms with van der Waals surface area (Å²) in [6.45, 7) is 4.22. The molecular formula is C17H20O. The summed E-state index contributed by atoms with van der Waals surface area (Å²) in [6.07, 6.45) is 0.420. The molecule has 0 aliphatic heterocycles. The van der Waals surface area contributed by atoms with Crippen LogP contribution in [0.3, 0.4) is 0 Å². The van der Waals surface area contributed by atoms with Gasteiger partial charge in [0.2, 0.25) is 0 Å². The van der Waals surface area contributed by atoms with Crippen molar-refractivity contribution in [3.63, 3.8) is 0 Å². The zero-order chi connectivity index (χ0) is 13.0. The van der Waals surface area contributed by atoms with E-state index >= 15 is 0 Å². The van der Waals surface area contributed by atoms with Crippen LogP contribution >= 0.6 is 0 Å². The summed E-state index contributed by atoms with van der Waals surface area (Å²) in [7, 11) is 0. The molecule has 0 aliphatic rings. The van der Waals surface area contributed by atoms with Crippen LogP contribution in [0.4, 0.5) is 0 Å². The Balaban J connectivity index is 2.16. The molecule has 0 radical (unpaired) electrons. The first-order valence-corrected chi connectivity index (χ1v) is 6.36. The quantitative estimate of drug-likeness (QED) is 0.856. The van der Waals surface area contributed by atoms with E-state index in [0.29, 0.717) is 0 Å². The molecule has 1 N–H and O–H groups in total. The number of aliphatic hydroxyl groups excluding tert-OH is 1. The van der Waals surface area contributed by atoms with E-state index in [1.807, 2.05) is 48.5 Å². The molecule has 0 spiro atoms. The highest BCUT2D eigenvalue weighted by Crippen LogP contribution is 2.36. The van der Waals surface area contributed by atoms with Gasteiger partial charge in [-0.3, -0.25) is 0 Å². The fourth-order valence-electron chi connectivity index (χ4n) is 2.31. The van der Waals surface area contributed by atoms with Crippen molar-refractivity contribution in [3.05, 3.63) is 71.8 Å². The van der Waals surface area contributed by atoms with E-state index in [9.17, 15) is 5.11 Å². The van der Waals surface area contributed by atoms with Crippen LogP contribution in [0, 0.1) is 5.41 Å². The molecule has 1 unspecified atom stereocenters. The minimum Gasteiger partial charge on any atom is -0.388 e. The fourth-order valence-corrected chi connectivity index (χ4v) is 2.31. The maximum atomic E-state index is 10.5. The lowest BCUT2D eigenvalue weighted by atomic mass is 9.78. The van der Waals surface area contributed by atoms with E-state index in [1.165, 1.54) is 5.56 Å². The average molecular weight is 240 g/mol. The molecule has 0 heterocycles. The third-order valence-electron chi connectivity index (χ3n) is 3.36. The molecule has 1 heteroatoms. The topological polar surface area (TPSA) is 20.2 Å². The molecular weight excluding hydrogens is 220 g/mol. The fraction of sp³-hybridized carbons (Fsp3) is 0.294. The lowest BCUT2D eigenvalue weighted by Crippen LogP contribution is -2.24. The molecule has 0 bridgehead atoms. The molecule has 0 aliphatic carbocycles. The second kappa shape index (κ2) is 5.36. The van der Waals surface area contributed by atoms with Crippen LogP contribution in [-0.4, -0.2) is 5.11 Å². The predicted molar refractivity (Wildman–Crippen MR) is 75.3 cm³/mol. The van der Waals surface area contributed by atoms with Gasteiger partial charge in [0.15, 0.2) is 0 Å². The Morgan fingerprint density at radius 3 is 1.94 bits per heavy atom. The van der Waals surface area contributed by atoms with E-state index in [2.05, 4.69) is 26.0 Å².